The van der Waals surface area contributed by atoms with Gasteiger partial charge < -0.3 is 10.1 Å². The number of hydrogen-bond donors (Lipinski definition) is 2. The second-order valence-corrected chi connectivity index (χ2v) is 11.6. The van der Waals surface area contributed by atoms with Gasteiger partial charge in [0.05, 0.1) is 18.7 Å². The zero-order chi connectivity index (χ0) is 28.3. The normalized spacial score (nSPS) is 12.8. The molecule has 0 bridgehead atoms. The smallest absolute Gasteiger partial charge is 0.182 e. The van der Waals surface area contributed by atoms with Crippen LogP contribution in [0.3, 0.4) is 0 Å². The first-order valence-corrected chi connectivity index (χ1v) is 14.7. The Balaban J connectivity index is 1.56. The summed E-state index contributed by atoms with van der Waals surface area (Å²) in [5.41, 5.74) is 2.37. The SMILES string of the molecule is CCOc1cc(F)c(Cn2nc(-c3ncc(CC[S@](C)(=N)=O)c(Nc4ccncc4)n3)c3ccccc32)c(F)c1. The zero-order valence-electron chi connectivity index (χ0n) is 21.9. The average Bonchev–Trinajstić information content (AvgIpc) is 3.29. The highest BCUT2D eigenvalue weighted by molar-refractivity contribution is 7.91. The largest absolute Gasteiger partial charge is 0.494 e. The predicted molar refractivity (Wildman–Crippen MR) is 150 cm³/mol. The van der Waals surface area contributed by atoms with Crippen molar-refractivity contribution >= 4 is 32.1 Å². The Morgan fingerprint density at radius 3 is 2.52 bits per heavy atom. The summed E-state index contributed by atoms with van der Waals surface area (Å²) in [7, 11) is -2.72. The van der Waals surface area contributed by atoms with Gasteiger partial charge in [-0.2, -0.15) is 5.10 Å². The van der Waals surface area contributed by atoms with Gasteiger partial charge in [-0.05, 0) is 31.5 Å². The van der Waals surface area contributed by atoms with Crippen LogP contribution in [0, 0.1) is 16.4 Å². The zero-order valence-corrected chi connectivity index (χ0v) is 22.7. The molecule has 0 aliphatic rings. The van der Waals surface area contributed by atoms with Crippen LogP contribution in [-0.2, 0) is 22.7 Å². The van der Waals surface area contributed by atoms with Crippen molar-refractivity contribution in [3.63, 3.8) is 0 Å². The summed E-state index contributed by atoms with van der Waals surface area (Å²) in [5.74, 6) is -0.406. The van der Waals surface area contributed by atoms with E-state index < -0.39 is 21.4 Å². The fraction of sp³-hybridized carbons (Fsp3) is 0.214. The van der Waals surface area contributed by atoms with Crippen molar-refractivity contribution in [3.05, 3.63) is 89.9 Å². The Kier molecular flexibility index (Phi) is 7.69. The molecule has 0 saturated carbocycles. The summed E-state index contributed by atoms with van der Waals surface area (Å²) >= 11 is 0. The van der Waals surface area contributed by atoms with E-state index in [-0.39, 0.29) is 23.6 Å². The van der Waals surface area contributed by atoms with Crippen molar-refractivity contribution in [2.75, 3.05) is 23.9 Å². The average molecular weight is 564 g/mol. The van der Waals surface area contributed by atoms with Crippen molar-refractivity contribution in [1.82, 2.24) is 24.7 Å². The lowest BCUT2D eigenvalue weighted by Gasteiger charge is -2.12. The summed E-state index contributed by atoms with van der Waals surface area (Å²) in [6.07, 6.45) is 6.63. The Labute approximate surface area is 230 Å². The Hall–Kier alpha value is -4.45. The molecule has 206 valence electrons. The van der Waals surface area contributed by atoms with Crippen LogP contribution >= 0.6 is 0 Å². The molecular weight excluding hydrogens is 536 g/mol. The molecule has 0 spiro atoms. The molecule has 0 fully saturated rings. The van der Waals surface area contributed by atoms with E-state index in [1.807, 2.05) is 24.3 Å². The van der Waals surface area contributed by atoms with Crippen LogP contribution < -0.4 is 10.1 Å². The second-order valence-electron chi connectivity index (χ2n) is 9.21. The third-order valence-corrected chi connectivity index (χ3v) is 7.15. The number of hydrogen-bond acceptors (Lipinski definition) is 8. The fourth-order valence-electron chi connectivity index (χ4n) is 4.23. The molecule has 3 heterocycles. The molecule has 40 heavy (non-hydrogen) atoms. The number of benzene rings is 2. The van der Waals surface area contributed by atoms with Crippen LogP contribution in [0.4, 0.5) is 20.3 Å². The monoisotopic (exact) mass is 563 g/mol. The van der Waals surface area contributed by atoms with Crippen molar-refractivity contribution in [2.45, 2.75) is 19.9 Å². The summed E-state index contributed by atoms with van der Waals surface area (Å²) < 4.78 is 56.3. The maximum Gasteiger partial charge on any atom is 0.182 e. The number of nitrogens with one attached hydrogen (secondary N) is 2. The molecule has 12 heteroatoms. The number of halogens is 2. The van der Waals surface area contributed by atoms with E-state index in [2.05, 4.69) is 20.4 Å². The lowest BCUT2D eigenvalue weighted by Crippen LogP contribution is -2.09. The van der Waals surface area contributed by atoms with Crippen molar-refractivity contribution in [2.24, 2.45) is 0 Å². The number of ether oxygens (including phenoxy) is 1. The lowest BCUT2D eigenvalue weighted by molar-refractivity contribution is 0.335. The summed E-state index contributed by atoms with van der Waals surface area (Å²) in [6, 6.07) is 13.2. The standard InChI is InChI=1S/C28H27F2N7O2S/c1-3-39-20-14-23(29)22(24(30)15-20)17-37-25-7-5-4-6-21(25)26(36-37)28-33-16-18(10-13-40(2,31)38)27(35-28)34-19-8-11-32-12-9-19/h4-9,11-12,14-16,31H,3,10,13,17H2,1-2H3,(H,32,33,34,35)/t40-/m1/s1. The summed E-state index contributed by atoms with van der Waals surface area (Å²) in [5, 5.41) is 8.63. The molecule has 0 amide bonds. The van der Waals surface area contributed by atoms with Crippen LogP contribution in [0.1, 0.15) is 18.1 Å². The first-order valence-electron chi connectivity index (χ1n) is 12.5. The molecule has 0 radical (unpaired) electrons. The van der Waals surface area contributed by atoms with E-state index in [9.17, 15) is 13.0 Å². The quantitative estimate of drug-likeness (QED) is 0.228. The maximum atomic E-state index is 14.9. The number of rotatable bonds is 10. The highest BCUT2D eigenvalue weighted by Crippen LogP contribution is 2.30. The molecule has 9 nitrogen and oxygen atoms in total. The predicted octanol–water partition coefficient (Wildman–Crippen LogP) is 5.58. The van der Waals surface area contributed by atoms with E-state index >= 15 is 0 Å². The van der Waals surface area contributed by atoms with Gasteiger partial charge in [0, 0.05) is 74.7 Å². The van der Waals surface area contributed by atoms with Crippen molar-refractivity contribution in [3.8, 4) is 17.3 Å². The molecule has 0 aliphatic carbocycles. The van der Waals surface area contributed by atoms with Gasteiger partial charge in [-0.3, -0.25) is 18.7 Å². The van der Waals surface area contributed by atoms with E-state index in [1.54, 1.807) is 37.6 Å². The number of anilines is 2. The third kappa shape index (κ3) is 6.07. The van der Waals surface area contributed by atoms with E-state index in [1.165, 1.54) is 23.1 Å². The molecule has 5 rings (SSSR count). The summed E-state index contributed by atoms with van der Waals surface area (Å²) in [6.45, 7) is 1.88. The van der Waals surface area contributed by atoms with Gasteiger partial charge in [0.1, 0.15) is 28.9 Å². The van der Waals surface area contributed by atoms with Gasteiger partial charge in [0.15, 0.2) is 5.82 Å². The number of aromatic nitrogens is 5. The van der Waals surface area contributed by atoms with Gasteiger partial charge in [-0.15, -0.1) is 0 Å². The first kappa shape index (κ1) is 27.1. The maximum absolute atomic E-state index is 14.9. The third-order valence-electron chi connectivity index (χ3n) is 6.17. The van der Waals surface area contributed by atoms with Crippen LogP contribution in [0.2, 0.25) is 0 Å². The van der Waals surface area contributed by atoms with Gasteiger partial charge in [-0.1, -0.05) is 18.2 Å². The van der Waals surface area contributed by atoms with E-state index in [0.29, 0.717) is 46.8 Å². The minimum absolute atomic E-state index is 0.124. The van der Waals surface area contributed by atoms with Gasteiger partial charge in [0.25, 0.3) is 0 Å². The number of fused-ring (bicyclic) bond motifs is 1. The molecule has 0 unspecified atom stereocenters. The van der Waals surface area contributed by atoms with Gasteiger partial charge >= 0.3 is 0 Å². The number of nitrogens with zero attached hydrogens (tertiary/aromatic N) is 5. The summed E-state index contributed by atoms with van der Waals surface area (Å²) in [4.78, 5) is 13.3. The molecular formula is C28H27F2N7O2S. The van der Waals surface area contributed by atoms with E-state index in [4.69, 9.17) is 14.5 Å². The lowest BCUT2D eigenvalue weighted by atomic mass is 10.1. The number of pyridine rings is 1. The van der Waals surface area contributed by atoms with Crippen LogP contribution in [0.5, 0.6) is 5.75 Å². The molecule has 5 aromatic rings. The molecule has 3 aromatic heterocycles. The number of para-hydroxylation sites is 1. The van der Waals surface area contributed by atoms with Crippen LogP contribution in [-0.4, -0.2) is 47.6 Å². The minimum Gasteiger partial charge on any atom is -0.494 e. The second kappa shape index (κ2) is 11.3. The highest BCUT2D eigenvalue weighted by Gasteiger charge is 2.20. The molecule has 0 aliphatic heterocycles. The van der Waals surface area contributed by atoms with Crippen LogP contribution in [0.25, 0.3) is 22.4 Å². The fourth-order valence-corrected chi connectivity index (χ4v) is 4.84. The van der Waals surface area contributed by atoms with Crippen molar-refractivity contribution < 1.29 is 17.7 Å². The number of aryl methyl sites for hydroxylation is 1. The minimum atomic E-state index is -2.72. The van der Waals surface area contributed by atoms with Gasteiger partial charge in [0.2, 0.25) is 0 Å². The highest BCUT2D eigenvalue weighted by atomic mass is 32.2. The first-order chi connectivity index (χ1) is 19.2. The molecule has 1 atom stereocenters. The van der Waals surface area contributed by atoms with E-state index in [0.717, 1.165) is 5.69 Å². The van der Waals surface area contributed by atoms with Crippen LogP contribution in [0.15, 0.2) is 67.1 Å². The molecule has 2 aromatic carbocycles. The molecule has 2 N–H and O–H groups in total. The Bertz CT molecular complexity index is 1750. The molecule has 0 saturated heterocycles. The van der Waals surface area contributed by atoms with Crippen molar-refractivity contribution in [1.29, 1.82) is 4.78 Å². The van der Waals surface area contributed by atoms with Gasteiger partial charge in [-0.25, -0.2) is 18.7 Å². The Morgan fingerprint density at radius 2 is 1.82 bits per heavy atom. The Morgan fingerprint density at radius 1 is 1.10 bits per heavy atom. The topological polar surface area (TPSA) is 119 Å².